The van der Waals surface area contributed by atoms with Gasteiger partial charge in [-0.15, -0.1) is 10.2 Å². The largest absolute Gasteiger partial charge is 0.296 e. The molecule has 1 heterocycles. The lowest BCUT2D eigenvalue weighted by Gasteiger charge is -2.05. The van der Waals surface area contributed by atoms with Crippen LogP contribution in [0.4, 0.5) is 9.52 Å². The number of nitrogens with zero attached hydrogens (tertiary/aromatic N) is 2. The van der Waals surface area contributed by atoms with Crippen LogP contribution in [0.1, 0.15) is 48.0 Å². The Bertz CT molecular complexity index is 596. The fraction of sp³-hybridized carbons (Fsp3) is 0.357. The molecular formula is C14H16FN3OS. The molecule has 2 rings (SSSR count). The molecule has 0 bridgehead atoms. The van der Waals surface area contributed by atoms with E-state index < -0.39 is 11.7 Å². The highest BCUT2D eigenvalue weighted by Crippen LogP contribution is 2.28. The second-order valence-corrected chi connectivity index (χ2v) is 5.40. The van der Waals surface area contributed by atoms with Crippen molar-refractivity contribution in [3.05, 3.63) is 40.7 Å². The molecule has 0 aliphatic rings. The Morgan fingerprint density at radius 2 is 2.00 bits per heavy atom. The second kappa shape index (κ2) is 6.56. The first-order valence-corrected chi connectivity index (χ1v) is 7.36. The Labute approximate surface area is 121 Å². The first-order chi connectivity index (χ1) is 9.65. The number of anilines is 1. The average Bonchev–Trinajstić information content (AvgIpc) is 2.89. The lowest BCUT2D eigenvalue weighted by Crippen LogP contribution is -2.13. The molecular weight excluding hydrogens is 277 g/mol. The van der Waals surface area contributed by atoms with E-state index in [1.807, 2.05) is 0 Å². The van der Waals surface area contributed by atoms with E-state index in [1.54, 1.807) is 12.1 Å². The predicted molar refractivity (Wildman–Crippen MR) is 77.6 cm³/mol. The predicted octanol–water partition coefficient (Wildman–Crippen LogP) is 3.83. The molecule has 20 heavy (non-hydrogen) atoms. The van der Waals surface area contributed by atoms with Crippen LogP contribution in [-0.4, -0.2) is 16.1 Å². The fourth-order valence-corrected chi connectivity index (χ4v) is 2.90. The maximum absolute atomic E-state index is 13.5. The van der Waals surface area contributed by atoms with Crippen LogP contribution in [0.3, 0.4) is 0 Å². The van der Waals surface area contributed by atoms with E-state index in [-0.39, 0.29) is 5.56 Å². The van der Waals surface area contributed by atoms with E-state index in [2.05, 4.69) is 29.4 Å². The molecule has 4 nitrogen and oxygen atoms in total. The number of carbonyl (C=O) groups is 1. The Kier molecular flexibility index (Phi) is 4.79. The van der Waals surface area contributed by atoms with Crippen molar-refractivity contribution in [3.8, 4) is 0 Å². The zero-order valence-corrected chi connectivity index (χ0v) is 12.2. The van der Waals surface area contributed by atoms with Gasteiger partial charge in [-0.2, -0.15) is 0 Å². The number of aromatic nitrogens is 2. The summed E-state index contributed by atoms with van der Waals surface area (Å²) >= 11 is 1.34. The minimum absolute atomic E-state index is 0.00628. The molecule has 0 atom stereocenters. The van der Waals surface area contributed by atoms with Crippen LogP contribution in [0.2, 0.25) is 0 Å². The van der Waals surface area contributed by atoms with Crippen molar-refractivity contribution in [1.82, 2.24) is 10.2 Å². The fourth-order valence-electron chi connectivity index (χ4n) is 1.90. The zero-order chi connectivity index (χ0) is 14.5. The van der Waals surface area contributed by atoms with Gasteiger partial charge in [-0.1, -0.05) is 37.3 Å². The minimum atomic E-state index is -0.547. The van der Waals surface area contributed by atoms with E-state index in [4.69, 9.17) is 0 Å². The number of rotatable bonds is 5. The van der Waals surface area contributed by atoms with Gasteiger partial charge in [0.15, 0.2) is 0 Å². The molecule has 0 saturated heterocycles. The van der Waals surface area contributed by atoms with Crippen LogP contribution in [0.25, 0.3) is 0 Å². The molecule has 0 unspecified atom stereocenters. The van der Waals surface area contributed by atoms with Crippen molar-refractivity contribution >= 4 is 22.4 Å². The molecule has 0 saturated carbocycles. The van der Waals surface area contributed by atoms with Crippen LogP contribution < -0.4 is 5.32 Å². The zero-order valence-electron chi connectivity index (χ0n) is 11.4. The summed E-state index contributed by atoms with van der Waals surface area (Å²) in [5.74, 6) is -0.698. The summed E-state index contributed by atoms with van der Waals surface area (Å²) < 4.78 is 13.5. The maximum atomic E-state index is 13.5. The summed E-state index contributed by atoms with van der Waals surface area (Å²) in [6.07, 6.45) is 1.96. The van der Waals surface area contributed by atoms with Crippen LogP contribution >= 0.6 is 11.3 Å². The van der Waals surface area contributed by atoms with Gasteiger partial charge in [-0.25, -0.2) is 4.39 Å². The topological polar surface area (TPSA) is 54.9 Å². The summed E-state index contributed by atoms with van der Waals surface area (Å²) in [6, 6.07) is 5.86. The highest BCUT2D eigenvalue weighted by Gasteiger charge is 2.16. The number of hydrogen-bond donors (Lipinski definition) is 1. The molecule has 106 valence electrons. The van der Waals surface area contributed by atoms with Gasteiger partial charge in [-0.05, 0) is 25.0 Å². The van der Waals surface area contributed by atoms with Crippen molar-refractivity contribution in [3.63, 3.8) is 0 Å². The van der Waals surface area contributed by atoms with Crippen LogP contribution in [0.15, 0.2) is 24.3 Å². The van der Waals surface area contributed by atoms with Crippen molar-refractivity contribution < 1.29 is 9.18 Å². The number of halogens is 1. The summed E-state index contributed by atoms with van der Waals surface area (Å²) in [6.45, 7) is 4.18. The van der Waals surface area contributed by atoms with E-state index >= 15 is 0 Å². The first kappa shape index (κ1) is 14.6. The van der Waals surface area contributed by atoms with Crippen LogP contribution in [-0.2, 0) is 0 Å². The third-order valence-electron chi connectivity index (χ3n) is 3.11. The van der Waals surface area contributed by atoms with Gasteiger partial charge in [0, 0.05) is 5.92 Å². The molecule has 0 fully saturated rings. The standard InChI is InChI=1S/C14H16FN3OS/c1-3-9(4-2)13-17-18-14(20-13)16-12(19)10-7-5-6-8-11(10)15/h5-9H,3-4H2,1-2H3,(H,16,18,19). The van der Waals surface area contributed by atoms with Crippen molar-refractivity contribution in [2.75, 3.05) is 5.32 Å². The third-order valence-corrected chi connectivity index (χ3v) is 4.12. The molecule has 1 aromatic heterocycles. The summed E-state index contributed by atoms with van der Waals surface area (Å²) in [5, 5.41) is 11.9. The Balaban J connectivity index is 2.11. The smallest absolute Gasteiger partial charge is 0.260 e. The Hall–Kier alpha value is -1.82. The SMILES string of the molecule is CCC(CC)c1nnc(NC(=O)c2ccccc2F)s1. The minimum Gasteiger partial charge on any atom is -0.296 e. The lowest BCUT2D eigenvalue weighted by atomic mass is 10.1. The summed E-state index contributed by atoms with van der Waals surface area (Å²) in [4.78, 5) is 11.9. The van der Waals surface area contributed by atoms with E-state index in [9.17, 15) is 9.18 Å². The monoisotopic (exact) mass is 293 g/mol. The average molecular weight is 293 g/mol. The molecule has 0 radical (unpaired) electrons. The number of carbonyl (C=O) groups excluding carboxylic acids is 1. The van der Waals surface area contributed by atoms with Gasteiger partial charge in [0.05, 0.1) is 5.56 Å². The number of hydrogen-bond acceptors (Lipinski definition) is 4. The lowest BCUT2D eigenvalue weighted by molar-refractivity contribution is 0.102. The Morgan fingerprint density at radius 3 is 2.65 bits per heavy atom. The van der Waals surface area contributed by atoms with Gasteiger partial charge in [0.25, 0.3) is 5.91 Å². The van der Waals surface area contributed by atoms with E-state index in [0.717, 1.165) is 17.8 Å². The van der Waals surface area contributed by atoms with Crippen LogP contribution in [0, 0.1) is 5.82 Å². The first-order valence-electron chi connectivity index (χ1n) is 6.55. The molecule has 0 aliphatic carbocycles. The molecule has 0 spiro atoms. The third kappa shape index (κ3) is 3.19. The van der Waals surface area contributed by atoms with E-state index in [1.165, 1.54) is 23.5 Å². The van der Waals surface area contributed by atoms with Gasteiger partial charge >= 0.3 is 0 Å². The molecule has 2 aromatic rings. The highest BCUT2D eigenvalue weighted by molar-refractivity contribution is 7.15. The Morgan fingerprint density at radius 1 is 1.30 bits per heavy atom. The van der Waals surface area contributed by atoms with Gasteiger partial charge in [0.1, 0.15) is 10.8 Å². The van der Waals surface area contributed by atoms with Crippen LogP contribution in [0.5, 0.6) is 0 Å². The summed E-state index contributed by atoms with van der Waals surface area (Å²) in [7, 11) is 0. The number of benzene rings is 1. The normalized spacial score (nSPS) is 10.8. The molecule has 0 aliphatic heterocycles. The van der Waals surface area contributed by atoms with Gasteiger partial charge in [0.2, 0.25) is 5.13 Å². The maximum Gasteiger partial charge on any atom is 0.260 e. The molecule has 1 N–H and O–H groups in total. The van der Waals surface area contributed by atoms with Crippen molar-refractivity contribution in [2.45, 2.75) is 32.6 Å². The molecule has 6 heteroatoms. The highest BCUT2D eigenvalue weighted by atomic mass is 32.1. The van der Waals surface area contributed by atoms with Crippen molar-refractivity contribution in [1.29, 1.82) is 0 Å². The number of nitrogens with one attached hydrogen (secondary N) is 1. The van der Waals surface area contributed by atoms with E-state index in [0.29, 0.717) is 11.0 Å². The summed E-state index contributed by atoms with van der Waals surface area (Å²) in [5.41, 5.74) is 0.00628. The second-order valence-electron chi connectivity index (χ2n) is 4.39. The number of amides is 1. The molecule has 1 aromatic carbocycles. The van der Waals surface area contributed by atoms with Gasteiger partial charge in [-0.3, -0.25) is 10.1 Å². The van der Waals surface area contributed by atoms with Gasteiger partial charge < -0.3 is 0 Å². The van der Waals surface area contributed by atoms with Crippen molar-refractivity contribution in [2.24, 2.45) is 0 Å². The quantitative estimate of drug-likeness (QED) is 0.911. The molecule has 1 amide bonds.